The van der Waals surface area contributed by atoms with Gasteiger partial charge in [0, 0.05) is 24.4 Å². The van der Waals surface area contributed by atoms with Crippen LogP contribution in [0, 0.1) is 5.92 Å². The van der Waals surface area contributed by atoms with Crippen LogP contribution in [0.2, 0.25) is 0 Å². The average molecular weight is 518 g/mol. The fourth-order valence-electron chi connectivity index (χ4n) is 5.99. The summed E-state index contributed by atoms with van der Waals surface area (Å²) in [5.41, 5.74) is 2.46. The van der Waals surface area contributed by atoms with E-state index in [2.05, 4.69) is 40.5 Å². The first kappa shape index (κ1) is 26.1. The van der Waals surface area contributed by atoms with E-state index in [0.29, 0.717) is 11.8 Å². The molecule has 1 saturated carbocycles. The van der Waals surface area contributed by atoms with Crippen molar-refractivity contribution in [2.24, 2.45) is 5.92 Å². The number of thioether (sulfide) groups is 1. The molecule has 0 aromatic heterocycles. The SMILES string of the molecule is O=C(CN1C(=O)/C(=C/c2ccccc2)SC2CCCCC21)NCCN1CCC(Cc2ccccc2)CC1. The number of rotatable bonds is 8. The number of amides is 2. The van der Waals surface area contributed by atoms with E-state index >= 15 is 0 Å². The van der Waals surface area contributed by atoms with Gasteiger partial charge >= 0.3 is 0 Å². The molecule has 0 spiro atoms. The first-order valence-electron chi connectivity index (χ1n) is 13.9. The number of nitrogens with one attached hydrogen (secondary N) is 1. The molecule has 0 radical (unpaired) electrons. The molecule has 2 aromatic rings. The molecule has 37 heavy (non-hydrogen) atoms. The molecule has 2 atom stereocenters. The van der Waals surface area contributed by atoms with Gasteiger partial charge in [-0.2, -0.15) is 0 Å². The van der Waals surface area contributed by atoms with Gasteiger partial charge in [0.1, 0.15) is 6.54 Å². The smallest absolute Gasteiger partial charge is 0.261 e. The second-order valence-electron chi connectivity index (χ2n) is 10.7. The molecule has 3 aliphatic rings. The van der Waals surface area contributed by atoms with Gasteiger partial charge in [0.25, 0.3) is 5.91 Å². The van der Waals surface area contributed by atoms with E-state index in [0.717, 1.165) is 61.7 Å². The van der Waals surface area contributed by atoms with Gasteiger partial charge in [0.2, 0.25) is 5.91 Å². The predicted molar refractivity (Wildman–Crippen MR) is 152 cm³/mol. The average Bonchev–Trinajstić information content (AvgIpc) is 2.93. The number of piperidine rings is 1. The minimum atomic E-state index is -0.0393. The van der Waals surface area contributed by atoms with Gasteiger partial charge in [-0.25, -0.2) is 0 Å². The number of benzene rings is 2. The molecule has 6 heteroatoms. The Morgan fingerprint density at radius 2 is 1.65 bits per heavy atom. The van der Waals surface area contributed by atoms with Crippen LogP contribution >= 0.6 is 11.8 Å². The van der Waals surface area contributed by atoms with Crippen LogP contribution in [-0.4, -0.2) is 65.6 Å². The molecule has 2 saturated heterocycles. The lowest BCUT2D eigenvalue weighted by Crippen LogP contribution is -2.54. The molecule has 2 aliphatic heterocycles. The van der Waals surface area contributed by atoms with Crippen LogP contribution < -0.4 is 5.32 Å². The van der Waals surface area contributed by atoms with Crippen molar-refractivity contribution >= 4 is 29.7 Å². The molecule has 5 rings (SSSR count). The topological polar surface area (TPSA) is 52.7 Å². The molecule has 3 fully saturated rings. The number of carbonyl (C=O) groups is 2. The molecular weight excluding hydrogens is 478 g/mol. The van der Waals surface area contributed by atoms with E-state index in [1.165, 1.54) is 24.8 Å². The molecule has 0 bridgehead atoms. The Bertz CT molecular complexity index is 1070. The van der Waals surface area contributed by atoms with Gasteiger partial charge < -0.3 is 15.1 Å². The summed E-state index contributed by atoms with van der Waals surface area (Å²) in [5.74, 6) is 0.716. The molecule has 1 N–H and O–H groups in total. The summed E-state index contributed by atoms with van der Waals surface area (Å²) in [6.45, 7) is 3.85. The maximum absolute atomic E-state index is 13.5. The number of hydrogen-bond donors (Lipinski definition) is 1. The lowest BCUT2D eigenvalue weighted by molar-refractivity contribution is -0.135. The molecule has 5 nitrogen and oxygen atoms in total. The highest BCUT2D eigenvalue weighted by molar-refractivity contribution is 8.04. The van der Waals surface area contributed by atoms with Crippen LogP contribution in [0.25, 0.3) is 6.08 Å². The monoisotopic (exact) mass is 517 g/mol. The molecule has 2 unspecified atom stereocenters. The highest BCUT2D eigenvalue weighted by Crippen LogP contribution is 2.42. The van der Waals surface area contributed by atoms with E-state index in [4.69, 9.17) is 0 Å². The highest BCUT2D eigenvalue weighted by Gasteiger charge is 2.41. The van der Waals surface area contributed by atoms with Crippen LogP contribution in [-0.2, 0) is 16.0 Å². The van der Waals surface area contributed by atoms with Crippen LogP contribution in [0.1, 0.15) is 49.7 Å². The molecule has 2 aromatic carbocycles. The van der Waals surface area contributed by atoms with Crippen LogP contribution in [0.4, 0.5) is 0 Å². The number of nitrogens with zero attached hydrogens (tertiary/aromatic N) is 2. The summed E-state index contributed by atoms with van der Waals surface area (Å²) < 4.78 is 0. The Kier molecular flexibility index (Phi) is 9.01. The number of likely N-dealkylation sites (tertiary alicyclic amines) is 1. The van der Waals surface area contributed by atoms with Crippen molar-refractivity contribution in [3.05, 3.63) is 76.7 Å². The fourth-order valence-corrected chi connectivity index (χ4v) is 7.46. The number of fused-ring (bicyclic) bond motifs is 1. The summed E-state index contributed by atoms with van der Waals surface area (Å²) in [4.78, 5) is 31.5. The fraction of sp³-hybridized carbons (Fsp3) is 0.484. The first-order valence-corrected chi connectivity index (χ1v) is 14.8. The van der Waals surface area contributed by atoms with Crippen molar-refractivity contribution in [2.75, 3.05) is 32.7 Å². The molecule has 1 aliphatic carbocycles. The Morgan fingerprint density at radius 3 is 2.41 bits per heavy atom. The molecule has 2 heterocycles. The second kappa shape index (κ2) is 12.8. The van der Waals surface area contributed by atoms with E-state index in [1.54, 1.807) is 11.8 Å². The Morgan fingerprint density at radius 1 is 0.946 bits per heavy atom. The van der Waals surface area contributed by atoms with Crippen LogP contribution in [0.15, 0.2) is 65.6 Å². The third kappa shape index (κ3) is 7.05. The zero-order chi connectivity index (χ0) is 25.5. The van der Waals surface area contributed by atoms with Gasteiger partial charge in [-0.3, -0.25) is 9.59 Å². The number of carbonyl (C=O) groups excluding carboxylic acids is 2. The Hall–Kier alpha value is -2.57. The van der Waals surface area contributed by atoms with Crippen molar-refractivity contribution in [3.63, 3.8) is 0 Å². The number of hydrogen-bond acceptors (Lipinski definition) is 4. The highest BCUT2D eigenvalue weighted by atomic mass is 32.2. The van der Waals surface area contributed by atoms with Gasteiger partial charge in [0.05, 0.1) is 4.91 Å². The molecular formula is C31H39N3O2S. The summed E-state index contributed by atoms with van der Waals surface area (Å²) in [6.07, 6.45) is 10.00. The van der Waals surface area contributed by atoms with E-state index in [-0.39, 0.29) is 24.4 Å². The molecule has 196 valence electrons. The Balaban J connectivity index is 1.10. The van der Waals surface area contributed by atoms with Crippen LogP contribution in [0.5, 0.6) is 0 Å². The lowest BCUT2D eigenvalue weighted by atomic mass is 9.90. The summed E-state index contributed by atoms with van der Waals surface area (Å²) >= 11 is 1.72. The predicted octanol–water partition coefficient (Wildman–Crippen LogP) is 4.99. The largest absolute Gasteiger partial charge is 0.353 e. The first-order chi connectivity index (χ1) is 18.2. The quantitative estimate of drug-likeness (QED) is 0.502. The van der Waals surface area contributed by atoms with Crippen molar-refractivity contribution in [2.45, 2.75) is 56.2 Å². The van der Waals surface area contributed by atoms with Crippen molar-refractivity contribution in [1.82, 2.24) is 15.1 Å². The summed E-state index contributed by atoms with van der Waals surface area (Å²) in [7, 11) is 0. The third-order valence-corrected chi connectivity index (χ3v) is 9.45. The molecule has 2 amide bonds. The summed E-state index contributed by atoms with van der Waals surface area (Å²) in [6, 6.07) is 20.9. The van der Waals surface area contributed by atoms with Gasteiger partial charge in [0.15, 0.2) is 0 Å². The van der Waals surface area contributed by atoms with Crippen LogP contribution in [0.3, 0.4) is 0 Å². The van der Waals surface area contributed by atoms with E-state index in [9.17, 15) is 9.59 Å². The summed E-state index contributed by atoms with van der Waals surface area (Å²) in [5, 5.41) is 3.49. The lowest BCUT2D eigenvalue weighted by Gasteiger charge is -2.43. The standard InChI is InChI=1S/C31H39N3O2S/c35-30(32-17-20-33-18-15-26(16-19-33)21-24-9-3-1-4-10-24)23-34-27-13-7-8-14-28(27)37-29(31(34)36)22-25-11-5-2-6-12-25/h1-6,9-12,22,26-28H,7-8,13-21,23H2,(H,32,35)/b29-22-. The minimum Gasteiger partial charge on any atom is -0.353 e. The van der Waals surface area contributed by atoms with E-state index in [1.807, 2.05) is 41.3 Å². The third-order valence-electron chi connectivity index (χ3n) is 8.05. The Labute approximate surface area is 225 Å². The zero-order valence-electron chi connectivity index (χ0n) is 21.7. The maximum atomic E-state index is 13.5. The second-order valence-corrected chi connectivity index (χ2v) is 12.0. The van der Waals surface area contributed by atoms with Gasteiger partial charge in [-0.15, -0.1) is 11.8 Å². The normalized spacial score (nSPS) is 24.2. The van der Waals surface area contributed by atoms with Gasteiger partial charge in [-0.05, 0) is 68.3 Å². The maximum Gasteiger partial charge on any atom is 0.261 e. The van der Waals surface area contributed by atoms with Crippen molar-refractivity contribution in [1.29, 1.82) is 0 Å². The minimum absolute atomic E-state index is 0.00708. The van der Waals surface area contributed by atoms with E-state index < -0.39 is 0 Å². The van der Waals surface area contributed by atoms with Crippen molar-refractivity contribution < 1.29 is 9.59 Å². The van der Waals surface area contributed by atoms with Gasteiger partial charge in [-0.1, -0.05) is 73.5 Å². The van der Waals surface area contributed by atoms with Crippen molar-refractivity contribution in [3.8, 4) is 0 Å². The zero-order valence-corrected chi connectivity index (χ0v) is 22.5.